The highest BCUT2D eigenvalue weighted by Crippen LogP contribution is 2.30. The van der Waals surface area contributed by atoms with Crippen molar-refractivity contribution in [2.24, 2.45) is 7.05 Å². The van der Waals surface area contributed by atoms with E-state index in [-0.39, 0.29) is 24.2 Å². The molecule has 45 heavy (non-hydrogen) atoms. The molecule has 4 heterocycles. The first-order valence-corrected chi connectivity index (χ1v) is 15.4. The molecular formula is C33H38N10O2. The van der Waals surface area contributed by atoms with Gasteiger partial charge in [-0.2, -0.15) is 15.3 Å². The van der Waals surface area contributed by atoms with Gasteiger partial charge in [0, 0.05) is 69.4 Å². The van der Waals surface area contributed by atoms with Crippen LogP contribution in [0.2, 0.25) is 0 Å². The van der Waals surface area contributed by atoms with Crippen LogP contribution in [0.4, 0.5) is 22.4 Å². The largest absolute Gasteiger partial charge is 0.380 e. The normalized spacial score (nSPS) is 19.6. The number of rotatable bonds is 9. The number of amides is 2. The first-order valence-electron chi connectivity index (χ1n) is 15.4. The van der Waals surface area contributed by atoms with Gasteiger partial charge in [0.2, 0.25) is 5.95 Å². The fourth-order valence-electron chi connectivity index (χ4n) is 6.12. The van der Waals surface area contributed by atoms with E-state index in [9.17, 15) is 10.1 Å². The number of ether oxygens (including phenoxy) is 1. The second-order valence-electron chi connectivity index (χ2n) is 11.6. The molecule has 1 aliphatic heterocycles. The van der Waals surface area contributed by atoms with Gasteiger partial charge in [0.15, 0.2) is 5.82 Å². The molecule has 0 spiro atoms. The van der Waals surface area contributed by atoms with Crippen LogP contribution in [0.15, 0.2) is 67.3 Å². The molecule has 0 radical (unpaired) electrons. The Morgan fingerprint density at radius 3 is 2.53 bits per heavy atom. The SMILES string of the molecule is COC1CCN(c2nc(N[C@H]3CC[C@H](N(C(=O)NCc4ccccc4)c4ccc(-c5cnn(C)c5)cn4)CC3)ncc2C#N)C1. The number of anilines is 3. The number of pyridine rings is 1. The van der Waals surface area contributed by atoms with E-state index in [2.05, 4.69) is 31.7 Å². The third-order valence-electron chi connectivity index (χ3n) is 8.60. The third kappa shape index (κ3) is 7.05. The molecule has 4 aromatic rings. The van der Waals surface area contributed by atoms with Gasteiger partial charge in [-0.15, -0.1) is 0 Å². The molecule has 1 saturated carbocycles. The summed E-state index contributed by atoms with van der Waals surface area (Å²) in [5.41, 5.74) is 3.41. The molecule has 1 unspecified atom stereocenters. The van der Waals surface area contributed by atoms with E-state index in [1.165, 1.54) is 0 Å². The van der Waals surface area contributed by atoms with Gasteiger partial charge in [-0.05, 0) is 49.8 Å². The van der Waals surface area contributed by atoms with Crippen LogP contribution < -0.4 is 20.4 Å². The monoisotopic (exact) mass is 606 g/mol. The lowest BCUT2D eigenvalue weighted by Crippen LogP contribution is -2.49. The summed E-state index contributed by atoms with van der Waals surface area (Å²) >= 11 is 0. The van der Waals surface area contributed by atoms with Gasteiger partial charge in [-0.25, -0.2) is 14.8 Å². The zero-order chi connectivity index (χ0) is 31.2. The first-order chi connectivity index (χ1) is 22.0. The number of aryl methyl sites for hydroxylation is 1. The van der Waals surface area contributed by atoms with Gasteiger partial charge in [-0.3, -0.25) is 9.58 Å². The van der Waals surface area contributed by atoms with Crippen molar-refractivity contribution < 1.29 is 9.53 Å². The molecule has 0 bridgehead atoms. The molecular weight excluding hydrogens is 568 g/mol. The van der Waals surface area contributed by atoms with Crippen molar-refractivity contribution >= 4 is 23.6 Å². The van der Waals surface area contributed by atoms with Crippen molar-refractivity contribution in [1.29, 1.82) is 5.26 Å². The molecule has 12 nitrogen and oxygen atoms in total. The number of hydrogen-bond donors (Lipinski definition) is 2. The number of urea groups is 1. The standard InChI is InChI=1S/C33H38N10O2/c1-41-21-26(20-38-41)24-8-13-30(35-18-24)43(33(44)37-17-23-6-4-3-5-7-23)28-11-9-27(10-12-28)39-32-36-19-25(16-34)31(40-32)42-15-14-29(22-42)45-2/h3-8,13,18-21,27-29H,9-12,14-15,17,22H2,1-2H3,(H,37,44)(H,36,39,40)/t27-,28-,29?. The Bertz CT molecular complexity index is 1630. The second kappa shape index (κ2) is 13.7. The van der Waals surface area contributed by atoms with E-state index in [4.69, 9.17) is 14.7 Å². The topological polar surface area (TPSA) is 137 Å². The Morgan fingerprint density at radius 1 is 1.04 bits per heavy atom. The van der Waals surface area contributed by atoms with E-state index in [0.717, 1.165) is 55.3 Å². The van der Waals surface area contributed by atoms with Crippen LogP contribution in [0, 0.1) is 11.3 Å². The Hall–Kier alpha value is -5.02. The maximum absolute atomic E-state index is 13.7. The molecule has 2 N–H and O–H groups in total. The van der Waals surface area contributed by atoms with Crippen molar-refractivity contribution in [3.05, 3.63) is 78.4 Å². The van der Waals surface area contributed by atoms with Gasteiger partial charge in [-0.1, -0.05) is 30.3 Å². The van der Waals surface area contributed by atoms with Crippen LogP contribution in [0.1, 0.15) is 43.2 Å². The van der Waals surface area contributed by atoms with E-state index in [1.807, 2.05) is 60.6 Å². The maximum atomic E-state index is 13.7. The van der Waals surface area contributed by atoms with E-state index in [1.54, 1.807) is 30.4 Å². The summed E-state index contributed by atoms with van der Waals surface area (Å²) in [7, 11) is 3.59. The molecule has 232 valence electrons. The number of nitriles is 1. The Balaban J connectivity index is 1.14. The maximum Gasteiger partial charge on any atom is 0.323 e. The van der Waals surface area contributed by atoms with Crippen LogP contribution in [0.3, 0.4) is 0 Å². The number of carbonyl (C=O) groups is 1. The predicted octanol–water partition coefficient (Wildman–Crippen LogP) is 4.51. The van der Waals surface area contributed by atoms with Gasteiger partial charge in [0.25, 0.3) is 0 Å². The molecule has 1 saturated heterocycles. The lowest BCUT2D eigenvalue weighted by Gasteiger charge is -2.36. The minimum atomic E-state index is -0.170. The van der Waals surface area contributed by atoms with Crippen LogP contribution in [0.25, 0.3) is 11.1 Å². The fraction of sp³-hybridized carbons (Fsp3) is 0.394. The predicted molar refractivity (Wildman–Crippen MR) is 172 cm³/mol. The zero-order valence-electron chi connectivity index (χ0n) is 25.6. The summed E-state index contributed by atoms with van der Waals surface area (Å²) in [6.45, 7) is 1.92. The average molecular weight is 607 g/mol. The number of carbonyl (C=O) groups excluding carboxylic acids is 1. The van der Waals surface area contributed by atoms with Gasteiger partial charge in [0.05, 0.1) is 18.5 Å². The second-order valence-corrected chi connectivity index (χ2v) is 11.6. The van der Waals surface area contributed by atoms with E-state index in [0.29, 0.717) is 36.2 Å². The zero-order valence-corrected chi connectivity index (χ0v) is 25.6. The highest BCUT2D eigenvalue weighted by Gasteiger charge is 2.32. The van der Waals surface area contributed by atoms with Crippen molar-refractivity contribution in [2.45, 2.75) is 56.8 Å². The number of benzene rings is 1. The van der Waals surface area contributed by atoms with Gasteiger partial charge in [0.1, 0.15) is 17.5 Å². The number of nitrogens with zero attached hydrogens (tertiary/aromatic N) is 8. The molecule has 2 fully saturated rings. The first kappa shape index (κ1) is 30.0. The van der Waals surface area contributed by atoms with E-state index >= 15 is 0 Å². The van der Waals surface area contributed by atoms with Gasteiger partial charge >= 0.3 is 6.03 Å². The van der Waals surface area contributed by atoms with Crippen molar-refractivity contribution in [2.75, 3.05) is 35.3 Å². The van der Waals surface area contributed by atoms with Crippen molar-refractivity contribution in [3.8, 4) is 17.2 Å². The van der Waals surface area contributed by atoms with Crippen molar-refractivity contribution in [1.82, 2.24) is 30.0 Å². The molecule has 1 aromatic carbocycles. The molecule has 6 rings (SSSR count). The smallest absolute Gasteiger partial charge is 0.323 e. The van der Waals surface area contributed by atoms with Crippen LogP contribution in [-0.2, 0) is 18.3 Å². The lowest BCUT2D eigenvalue weighted by atomic mass is 9.90. The average Bonchev–Trinajstić information content (AvgIpc) is 3.75. The summed E-state index contributed by atoms with van der Waals surface area (Å²) < 4.78 is 7.26. The Kier molecular flexibility index (Phi) is 9.17. The lowest BCUT2D eigenvalue weighted by molar-refractivity contribution is 0.121. The summed E-state index contributed by atoms with van der Waals surface area (Å²) in [5, 5.41) is 20.5. The van der Waals surface area contributed by atoms with E-state index < -0.39 is 0 Å². The van der Waals surface area contributed by atoms with Crippen LogP contribution >= 0.6 is 0 Å². The molecule has 2 aliphatic rings. The summed E-state index contributed by atoms with van der Waals surface area (Å²) in [5.74, 6) is 1.77. The highest BCUT2D eigenvalue weighted by molar-refractivity contribution is 5.91. The van der Waals surface area contributed by atoms with Crippen LogP contribution in [0.5, 0.6) is 0 Å². The minimum absolute atomic E-state index is 0.0245. The molecule has 1 atom stereocenters. The summed E-state index contributed by atoms with van der Waals surface area (Å²) in [4.78, 5) is 31.5. The molecule has 3 aromatic heterocycles. The fourth-order valence-corrected chi connectivity index (χ4v) is 6.12. The van der Waals surface area contributed by atoms with Crippen molar-refractivity contribution in [3.63, 3.8) is 0 Å². The highest BCUT2D eigenvalue weighted by atomic mass is 16.5. The Labute approximate surface area is 263 Å². The number of hydrogen-bond acceptors (Lipinski definition) is 9. The Morgan fingerprint density at radius 2 is 1.87 bits per heavy atom. The summed E-state index contributed by atoms with van der Waals surface area (Å²) in [6, 6.07) is 16.0. The number of methoxy groups -OCH3 is 1. The molecule has 1 aliphatic carbocycles. The molecule has 2 amide bonds. The molecule has 12 heteroatoms. The van der Waals surface area contributed by atoms with Gasteiger partial charge < -0.3 is 20.3 Å². The third-order valence-corrected chi connectivity index (χ3v) is 8.60. The van der Waals surface area contributed by atoms with Crippen LogP contribution in [-0.4, -0.2) is 69.2 Å². The number of aromatic nitrogens is 5. The quantitative estimate of drug-likeness (QED) is 0.282. The minimum Gasteiger partial charge on any atom is -0.380 e. The summed E-state index contributed by atoms with van der Waals surface area (Å²) in [6.07, 6.45) is 11.4. The number of nitrogens with one attached hydrogen (secondary N) is 2.